The smallest absolute Gasteiger partial charge is 0.303 e. The lowest BCUT2D eigenvalue weighted by Crippen LogP contribution is -2.22. The van der Waals surface area contributed by atoms with E-state index in [-0.39, 0.29) is 29.9 Å². The van der Waals surface area contributed by atoms with E-state index in [9.17, 15) is 14.4 Å². The number of rotatable bonds is 8. The van der Waals surface area contributed by atoms with Crippen LogP contribution in [-0.2, 0) is 14.4 Å². The molecule has 142 valence electrons. The van der Waals surface area contributed by atoms with Gasteiger partial charge >= 0.3 is 5.97 Å². The van der Waals surface area contributed by atoms with E-state index in [2.05, 4.69) is 10.6 Å². The molecule has 3 N–H and O–H groups in total. The predicted octanol–water partition coefficient (Wildman–Crippen LogP) is 3.92. The Labute approximate surface area is 162 Å². The summed E-state index contributed by atoms with van der Waals surface area (Å²) in [5, 5.41) is 13.8. The largest absolute Gasteiger partial charge is 0.481 e. The van der Waals surface area contributed by atoms with Crippen LogP contribution in [0, 0.1) is 6.92 Å². The van der Waals surface area contributed by atoms with Crippen molar-refractivity contribution in [3.05, 3.63) is 54.1 Å². The van der Waals surface area contributed by atoms with Gasteiger partial charge in [0.15, 0.2) is 0 Å². The van der Waals surface area contributed by atoms with Crippen molar-refractivity contribution in [1.82, 2.24) is 0 Å². The van der Waals surface area contributed by atoms with Crippen LogP contribution in [0.5, 0.6) is 0 Å². The molecule has 2 aromatic carbocycles. The van der Waals surface area contributed by atoms with Crippen molar-refractivity contribution >= 4 is 40.9 Å². The fourth-order valence-electron chi connectivity index (χ4n) is 2.20. The summed E-state index contributed by atoms with van der Waals surface area (Å²) in [7, 11) is 0. The zero-order chi connectivity index (χ0) is 19.8. The third-order valence-electron chi connectivity index (χ3n) is 3.71. The molecule has 1 atom stereocenters. The minimum atomic E-state index is -1.00. The molecule has 0 spiro atoms. The molecule has 6 nitrogen and oxygen atoms in total. The molecule has 1 unspecified atom stereocenters. The van der Waals surface area contributed by atoms with Crippen molar-refractivity contribution in [3.8, 4) is 0 Å². The Bertz CT molecular complexity index is 804. The van der Waals surface area contributed by atoms with Crippen molar-refractivity contribution in [3.63, 3.8) is 0 Å². The zero-order valence-electron chi connectivity index (χ0n) is 15.2. The highest BCUT2D eigenvalue weighted by Crippen LogP contribution is 2.25. The van der Waals surface area contributed by atoms with E-state index in [1.807, 2.05) is 50.2 Å². The van der Waals surface area contributed by atoms with Crippen molar-refractivity contribution in [2.24, 2.45) is 0 Å². The van der Waals surface area contributed by atoms with Gasteiger partial charge in [-0.05, 0) is 50.2 Å². The average molecular weight is 386 g/mol. The maximum atomic E-state index is 12.3. The van der Waals surface area contributed by atoms with Gasteiger partial charge in [0, 0.05) is 22.7 Å². The number of anilines is 2. The number of carboxylic acids is 1. The molecular formula is C20H22N2O4S. The van der Waals surface area contributed by atoms with Gasteiger partial charge in [0.25, 0.3) is 0 Å². The second kappa shape index (κ2) is 9.78. The highest BCUT2D eigenvalue weighted by atomic mass is 32.2. The van der Waals surface area contributed by atoms with E-state index >= 15 is 0 Å². The van der Waals surface area contributed by atoms with E-state index in [1.54, 1.807) is 12.1 Å². The Hall–Kier alpha value is -2.80. The summed E-state index contributed by atoms with van der Waals surface area (Å²) >= 11 is 1.41. The van der Waals surface area contributed by atoms with Crippen LogP contribution >= 0.6 is 11.8 Å². The molecule has 27 heavy (non-hydrogen) atoms. The monoisotopic (exact) mass is 386 g/mol. The Morgan fingerprint density at radius 2 is 1.48 bits per heavy atom. The van der Waals surface area contributed by atoms with Crippen LogP contribution in [0.3, 0.4) is 0 Å². The SMILES string of the molecule is Cc1ccc(NC(=O)C(C)Sc2ccc(NC(=O)CCC(=O)O)cc2)cc1. The summed E-state index contributed by atoms with van der Waals surface area (Å²) in [6.07, 6.45) is -0.268. The molecule has 2 amide bonds. The number of aryl methyl sites for hydroxylation is 1. The lowest BCUT2D eigenvalue weighted by molar-refractivity contribution is -0.138. The van der Waals surface area contributed by atoms with Crippen molar-refractivity contribution < 1.29 is 19.5 Å². The third kappa shape index (κ3) is 7.15. The van der Waals surface area contributed by atoms with E-state index in [0.717, 1.165) is 16.1 Å². The third-order valence-corrected chi connectivity index (χ3v) is 4.82. The summed E-state index contributed by atoms with van der Waals surface area (Å²) in [6.45, 7) is 3.82. The lowest BCUT2D eigenvalue weighted by Gasteiger charge is -2.13. The number of carbonyl (C=O) groups excluding carboxylic acids is 2. The van der Waals surface area contributed by atoms with Crippen LogP contribution in [0.25, 0.3) is 0 Å². The second-order valence-electron chi connectivity index (χ2n) is 6.08. The molecule has 2 rings (SSSR count). The normalized spacial score (nSPS) is 11.5. The van der Waals surface area contributed by atoms with Gasteiger partial charge in [0.05, 0.1) is 11.7 Å². The highest BCUT2D eigenvalue weighted by Gasteiger charge is 2.14. The minimum Gasteiger partial charge on any atom is -0.481 e. The number of carboxylic acid groups (broad SMARTS) is 1. The van der Waals surface area contributed by atoms with Gasteiger partial charge in [0.1, 0.15) is 0 Å². The number of aliphatic carboxylic acids is 1. The van der Waals surface area contributed by atoms with Crippen LogP contribution in [0.2, 0.25) is 0 Å². The van der Waals surface area contributed by atoms with Crippen molar-refractivity contribution in [2.45, 2.75) is 36.8 Å². The molecule has 7 heteroatoms. The fourth-order valence-corrected chi connectivity index (χ4v) is 3.07. The molecule has 0 aliphatic rings. The molecular weight excluding hydrogens is 364 g/mol. The van der Waals surface area contributed by atoms with Crippen LogP contribution < -0.4 is 10.6 Å². The maximum Gasteiger partial charge on any atom is 0.303 e. The molecule has 0 saturated heterocycles. The van der Waals surface area contributed by atoms with E-state index in [0.29, 0.717) is 5.69 Å². The van der Waals surface area contributed by atoms with E-state index in [1.165, 1.54) is 11.8 Å². The Kier molecular flexibility index (Phi) is 7.43. The second-order valence-corrected chi connectivity index (χ2v) is 7.50. The molecule has 0 aliphatic carbocycles. The van der Waals surface area contributed by atoms with Crippen molar-refractivity contribution in [2.75, 3.05) is 10.6 Å². The van der Waals surface area contributed by atoms with Crippen LogP contribution in [0.4, 0.5) is 11.4 Å². The molecule has 0 saturated carbocycles. The molecule has 0 bridgehead atoms. The number of hydrogen-bond acceptors (Lipinski definition) is 4. The molecule has 0 fully saturated rings. The van der Waals surface area contributed by atoms with Gasteiger partial charge in [-0.1, -0.05) is 17.7 Å². The van der Waals surface area contributed by atoms with Gasteiger partial charge in [-0.15, -0.1) is 11.8 Å². The molecule has 0 aromatic heterocycles. The van der Waals surface area contributed by atoms with Gasteiger partial charge < -0.3 is 15.7 Å². The summed E-state index contributed by atoms with van der Waals surface area (Å²) in [4.78, 5) is 35.3. The first-order valence-corrected chi connectivity index (χ1v) is 9.37. The summed E-state index contributed by atoms with van der Waals surface area (Å²) < 4.78 is 0. The first-order chi connectivity index (χ1) is 12.8. The average Bonchev–Trinajstić information content (AvgIpc) is 2.63. The maximum absolute atomic E-state index is 12.3. The Balaban J connectivity index is 1.85. The lowest BCUT2D eigenvalue weighted by atomic mass is 10.2. The number of carbonyl (C=O) groups is 3. The van der Waals surface area contributed by atoms with Crippen LogP contribution in [-0.4, -0.2) is 28.1 Å². The summed E-state index contributed by atoms with van der Waals surface area (Å²) in [5.74, 6) is -1.44. The molecule has 2 aromatic rings. The quantitative estimate of drug-likeness (QED) is 0.598. The molecule has 0 aliphatic heterocycles. The highest BCUT2D eigenvalue weighted by molar-refractivity contribution is 8.00. The first kappa shape index (κ1) is 20.5. The Morgan fingerprint density at radius 3 is 2.07 bits per heavy atom. The van der Waals surface area contributed by atoms with Gasteiger partial charge in [-0.25, -0.2) is 0 Å². The van der Waals surface area contributed by atoms with Crippen LogP contribution in [0.15, 0.2) is 53.4 Å². The molecule has 0 heterocycles. The topological polar surface area (TPSA) is 95.5 Å². The van der Waals surface area contributed by atoms with Gasteiger partial charge in [-0.2, -0.15) is 0 Å². The summed E-state index contributed by atoms with van der Waals surface area (Å²) in [5.41, 5.74) is 2.48. The zero-order valence-corrected chi connectivity index (χ0v) is 16.0. The first-order valence-electron chi connectivity index (χ1n) is 8.49. The predicted molar refractivity (Wildman–Crippen MR) is 107 cm³/mol. The molecule has 0 radical (unpaired) electrons. The van der Waals surface area contributed by atoms with Crippen LogP contribution in [0.1, 0.15) is 25.3 Å². The van der Waals surface area contributed by atoms with E-state index < -0.39 is 5.97 Å². The van der Waals surface area contributed by atoms with Crippen molar-refractivity contribution in [1.29, 1.82) is 0 Å². The number of thioether (sulfide) groups is 1. The number of hydrogen-bond donors (Lipinski definition) is 3. The standard InChI is InChI=1S/C20H22N2O4S/c1-13-3-5-16(6-4-13)22-20(26)14(2)27-17-9-7-15(8-10-17)21-18(23)11-12-19(24)25/h3-10,14H,11-12H2,1-2H3,(H,21,23)(H,22,26)(H,24,25). The Morgan fingerprint density at radius 1 is 0.926 bits per heavy atom. The van der Waals surface area contributed by atoms with Gasteiger partial charge in [-0.3, -0.25) is 14.4 Å². The fraction of sp³-hybridized carbons (Fsp3) is 0.250. The minimum absolute atomic E-state index is 0.0674. The van der Waals surface area contributed by atoms with E-state index in [4.69, 9.17) is 5.11 Å². The number of amides is 2. The summed E-state index contributed by atoms with van der Waals surface area (Å²) in [6, 6.07) is 14.7. The number of benzene rings is 2. The number of nitrogens with one attached hydrogen (secondary N) is 2. The van der Waals surface area contributed by atoms with Gasteiger partial charge in [0.2, 0.25) is 11.8 Å².